The van der Waals surface area contributed by atoms with E-state index in [2.05, 4.69) is 10.4 Å². The SMILES string of the molecule is O=C(NCC1CCCC(Cl)C1)c1cnn2ccccc12. The Morgan fingerprint density at radius 2 is 2.35 bits per heavy atom. The molecule has 3 rings (SSSR count). The fourth-order valence-electron chi connectivity index (χ4n) is 2.85. The number of hydrogen-bond acceptors (Lipinski definition) is 2. The van der Waals surface area contributed by atoms with Gasteiger partial charge >= 0.3 is 0 Å². The molecule has 1 aliphatic carbocycles. The first kappa shape index (κ1) is 13.4. The average Bonchev–Trinajstić information content (AvgIpc) is 2.89. The Kier molecular flexibility index (Phi) is 3.92. The first-order chi connectivity index (χ1) is 9.74. The van der Waals surface area contributed by atoms with Crippen LogP contribution in [-0.4, -0.2) is 27.4 Å². The van der Waals surface area contributed by atoms with Crippen LogP contribution in [0.4, 0.5) is 0 Å². The lowest BCUT2D eigenvalue weighted by atomic mass is 9.89. The predicted molar refractivity (Wildman–Crippen MR) is 79.1 cm³/mol. The molecule has 2 aromatic rings. The molecule has 0 aliphatic heterocycles. The van der Waals surface area contributed by atoms with Crippen molar-refractivity contribution in [3.8, 4) is 0 Å². The summed E-state index contributed by atoms with van der Waals surface area (Å²) in [5, 5.41) is 7.46. The van der Waals surface area contributed by atoms with E-state index in [4.69, 9.17) is 11.6 Å². The number of nitrogens with one attached hydrogen (secondary N) is 1. The number of fused-ring (bicyclic) bond motifs is 1. The number of carbonyl (C=O) groups is 1. The van der Waals surface area contributed by atoms with Gasteiger partial charge in [-0.05, 0) is 37.3 Å². The summed E-state index contributed by atoms with van der Waals surface area (Å²) in [5.41, 5.74) is 1.47. The summed E-state index contributed by atoms with van der Waals surface area (Å²) in [4.78, 5) is 12.2. The van der Waals surface area contributed by atoms with Crippen LogP contribution >= 0.6 is 11.6 Å². The van der Waals surface area contributed by atoms with Gasteiger partial charge in [0.25, 0.3) is 5.91 Å². The lowest BCUT2D eigenvalue weighted by Crippen LogP contribution is -2.32. The van der Waals surface area contributed by atoms with Crippen LogP contribution in [0, 0.1) is 5.92 Å². The molecule has 0 aromatic carbocycles. The first-order valence-corrected chi connectivity index (χ1v) is 7.52. The van der Waals surface area contributed by atoms with E-state index in [-0.39, 0.29) is 11.3 Å². The summed E-state index contributed by atoms with van der Waals surface area (Å²) in [6.07, 6.45) is 7.86. The standard InChI is InChI=1S/C15H18ClN3O/c16-12-5-3-4-11(8-12)9-17-15(20)13-10-18-19-7-2-1-6-14(13)19/h1-2,6-7,10-12H,3-5,8-9H2,(H,17,20). The highest BCUT2D eigenvalue weighted by atomic mass is 35.5. The summed E-state index contributed by atoms with van der Waals surface area (Å²) < 4.78 is 1.71. The second-order valence-electron chi connectivity index (χ2n) is 5.43. The minimum atomic E-state index is -0.0529. The lowest BCUT2D eigenvalue weighted by molar-refractivity contribution is 0.0945. The second-order valence-corrected chi connectivity index (χ2v) is 6.05. The number of rotatable bonds is 3. The normalized spacial score (nSPS) is 22.9. The topological polar surface area (TPSA) is 46.4 Å². The first-order valence-electron chi connectivity index (χ1n) is 7.08. The van der Waals surface area contributed by atoms with Crippen LogP contribution in [0.2, 0.25) is 0 Å². The fraction of sp³-hybridized carbons (Fsp3) is 0.467. The van der Waals surface area contributed by atoms with Crippen molar-refractivity contribution in [3.63, 3.8) is 0 Å². The van der Waals surface area contributed by atoms with E-state index in [0.717, 1.165) is 31.2 Å². The van der Waals surface area contributed by atoms with Crippen molar-refractivity contribution >= 4 is 23.0 Å². The number of aromatic nitrogens is 2. The fourth-order valence-corrected chi connectivity index (χ4v) is 3.26. The van der Waals surface area contributed by atoms with E-state index in [1.54, 1.807) is 10.7 Å². The monoisotopic (exact) mass is 291 g/mol. The van der Waals surface area contributed by atoms with E-state index in [1.165, 1.54) is 0 Å². The number of nitrogens with zero attached hydrogens (tertiary/aromatic N) is 2. The molecular weight excluding hydrogens is 274 g/mol. The molecule has 1 N–H and O–H groups in total. The van der Waals surface area contributed by atoms with Crippen molar-refractivity contribution < 1.29 is 4.79 Å². The van der Waals surface area contributed by atoms with E-state index >= 15 is 0 Å². The van der Waals surface area contributed by atoms with E-state index < -0.39 is 0 Å². The molecule has 2 aromatic heterocycles. The highest BCUT2D eigenvalue weighted by molar-refractivity contribution is 6.20. The molecule has 1 fully saturated rings. The van der Waals surface area contributed by atoms with Crippen molar-refractivity contribution in [1.29, 1.82) is 0 Å². The van der Waals surface area contributed by atoms with Crippen molar-refractivity contribution in [2.75, 3.05) is 6.54 Å². The maximum absolute atomic E-state index is 12.2. The third kappa shape index (κ3) is 2.80. The summed E-state index contributed by atoms with van der Waals surface area (Å²) >= 11 is 6.18. The zero-order chi connectivity index (χ0) is 13.9. The smallest absolute Gasteiger partial charge is 0.255 e. The van der Waals surface area contributed by atoms with Gasteiger partial charge in [-0.25, -0.2) is 4.52 Å². The molecule has 106 valence electrons. The van der Waals surface area contributed by atoms with Gasteiger partial charge in [-0.15, -0.1) is 11.6 Å². The third-order valence-corrected chi connectivity index (χ3v) is 4.34. The van der Waals surface area contributed by atoms with Crippen molar-refractivity contribution in [2.45, 2.75) is 31.1 Å². The van der Waals surface area contributed by atoms with Crippen LogP contribution in [0.1, 0.15) is 36.0 Å². The molecule has 1 amide bonds. The van der Waals surface area contributed by atoms with Gasteiger partial charge in [0, 0.05) is 18.1 Å². The Hall–Kier alpha value is -1.55. The molecule has 2 atom stereocenters. The minimum Gasteiger partial charge on any atom is -0.352 e. The van der Waals surface area contributed by atoms with Crippen LogP contribution in [0.25, 0.3) is 5.52 Å². The Morgan fingerprint density at radius 1 is 1.45 bits per heavy atom. The van der Waals surface area contributed by atoms with E-state index in [1.807, 2.05) is 24.4 Å². The molecule has 0 bridgehead atoms. The number of carbonyl (C=O) groups excluding carboxylic acids is 1. The largest absolute Gasteiger partial charge is 0.352 e. The number of pyridine rings is 1. The molecular formula is C15H18ClN3O. The predicted octanol–water partition coefficient (Wildman–Crippen LogP) is 2.86. The molecule has 20 heavy (non-hydrogen) atoms. The Morgan fingerprint density at radius 3 is 3.20 bits per heavy atom. The van der Waals surface area contributed by atoms with Crippen LogP contribution in [0.5, 0.6) is 0 Å². The minimum absolute atomic E-state index is 0.0529. The average molecular weight is 292 g/mol. The summed E-state index contributed by atoms with van der Waals surface area (Å²) in [7, 11) is 0. The molecule has 1 saturated carbocycles. The number of hydrogen-bond donors (Lipinski definition) is 1. The number of alkyl halides is 1. The summed E-state index contributed by atoms with van der Waals surface area (Å²) in [6, 6.07) is 5.70. The third-order valence-electron chi connectivity index (χ3n) is 3.94. The van der Waals surface area contributed by atoms with Crippen LogP contribution in [0.15, 0.2) is 30.6 Å². The van der Waals surface area contributed by atoms with Gasteiger partial charge in [0.05, 0.1) is 17.3 Å². The lowest BCUT2D eigenvalue weighted by Gasteiger charge is -2.25. The molecule has 0 spiro atoms. The van der Waals surface area contributed by atoms with E-state index in [0.29, 0.717) is 18.0 Å². The van der Waals surface area contributed by atoms with Crippen molar-refractivity contribution in [1.82, 2.24) is 14.9 Å². The van der Waals surface area contributed by atoms with Crippen LogP contribution in [-0.2, 0) is 0 Å². The molecule has 2 heterocycles. The molecule has 4 nitrogen and oxygen atoms in total. The number of amides is 1. The molecule has 2 unspecified atom stereocenters. The van der Waals surface area contributed by atoms with Gasteiger partial charge in [-0.1, -0.05) is 12.5 Å². The Labute approximate surface area is 123 Å². The van der Waals surface area contributed by atoms with Crippen molar-refractivity contribution in [2.24, 2.45) is 5.92 Å². The van der Waals surface area contributed by atoms with Gasteiger partial charge in [0.2, 0.25) is 0 Å². The zero-order valence-electron chi connectivity index (χ0n) is 11.3. The highest BCUT2D eigenvalue weighted by Gasteiger charge is 2.21. The zero-order valence-corrected chi connectivity index (χ0v) is 12.0. The van der Waals surface area contributed by atoms with Gasteiger partial charge < -0.3 is 5.32 Å². The van der Waals surface area contributed by atoms with Gasteiger partial charge in [0.15, 0.2) is 0 Å². The van der Waals surface area contributed by atoms with Crippen molar-refractivity contribution in [3.05, 3.63) is 36.2 Å². The van der Waals surface area contributed by atoms with Crippen LogP contribution < -0.4 is 5.32 Å². The number of halogens is 1. The maximum Gasteiger partial charge on any atom is 0.255 e. The van der Waals surface area contributed by atoms with E-state index in [9.17, 15) is 4.79 Å². The summed E-state index contributed by atoms with van der Waals surface area (Å²) in [5.74, 6) is 0.444. The summed E-state index contributed by atoms with van der Waals surface area (Å²) in [6.45, 7) is 0.701. The van der Waals surface area contributed by atoms with Gasteiger partial charge in [-0.3, -0.25) is 4.79 Å². The quantitative estimate of drug-likeness (QED) is 0.884. The van der Waals surface area contributed by atoms with Gasteiger partial charge in [0.1, 0.15) is 0 Å². The van der Waals surface area contributed by atoms with Gasteiger partial charge in [-0.2, -0.15) is 5.10 Å². The van der Waals surface area contributed by atoms with Crippen LogP contribution in [0.3, 0.4) is 0 Å². The molecule has 5 heteroatoms. The molecule has 0 radical (unpaired) electrons. The highest BCUT2D eigenvalue weighted by Crippen LogP contribution is 2.27. The molecule has 0 saturated heterocycles. The second kappa shape index (κ2) is 5.83. The molecule has 1 aliphatic rings. The maximum atomic E-state index is 12.2. The Balaban J connectivity index is 1.64. The Bertz CT molecular complexity index is 610.